The molecular formula is C7H17FN2. The summed E-state index contributed by atoms with van der Waals surface area (Å²) in [6, 6.07) is 0.185. The van der Waals surface area contributed by atoms with E-state index >= 15 is 0 Å². The molecule has 1 unspecified atom stereocenters. The molecule has 0 fully saturated rings. The minimum atomic E-state index is -0.233. The second kappa shape index (κ2) is 5.62. The summed E-state index contributed by atoms with van der Waals surface area (Å²) in [5, 5.41) is 0. The van der Waals surface area contributed by atoms with Gasteiger partial charge in [-0.25, -0.2) is 0 Å². The van der Waals surface area contributed by atoms with E-state index in [0.717, 1.165) is 13.1 Å². The molecule has 2 N–H and O–H groups in total. The monoisotopic (exact) mass is 148 g/mol. The number of likely N-dealkylation sites (N-methyl/N-ethyl adjacent to an activating group) is 1. The minimum absolute atomic E-state index is 0.185. The van der Waals surface area contributed by atoms with Crippen molar-refractivity contribution in [2.45, 2.75) is 19.4 Å². The highest BCUT2D eigenvalue weighted by Crippen LogP contribution is 1.89. The summed E-state index contributed by atoms with van der Waals surface area (Å²) >= 11 is 0. The number of hydrogen-bond acceptors (Lipinski definition) is 2. The first kappa shape index (κ1) is 9.85. The maximum atomic E-state index is 11.6. The summed E-state index contributed by atoms with van der Waals surface area (Å²) in [5.74, 6) is 0. The molecule has 0 bridgehead atoms. The lowest BCUT2D eigenvalue weighted by Crippen LogP contribution is -2.33. The summed E-state index contributed by atoms with van der Waals surface area (Å²) in [6.45, 7) is 3.37. The first-order valence-electron chi connectivity index (χ1n) is 3.67. The summed E-state index contributed by atoms with van der Waals surface area (Å²) in [4.78, 5) is 2.05. The van der Waals surface area contributed by atoms with Gasteiger partial charge in [-0.05, 0) is 20.4 Å². The van der Waals surface area contributed by atoms with Crippen LogP contribution in [0.1, 0.15) is 13.3 Å². The topological polar surface area (TPSA) is 29.3 Å². The molecule has 0 radical (unpaired) electrons. The van der Waals surface area contributed by atoms with Gasteiger partial charge in [-0.2, -0.15) is 0 Å². The summed E-state index contributed by atoms with van der Waals surface area (Å²) in [7, 11) is 1.96. The van der Waals surface area contributed by atoms with Crippen LogP contribution in [0.4, 0.5) is 4.39 Å². The van der Waals surface area contributed by atoms with Crippen LogP contribution < -0.4 is 5.73 Å². The Kier molecular flexibility index (Phi) is 5.54. The lowest BCUT2D eigenvalue weighted by Gasteiger charge is -2.17. The quantitative estimate of drug-likeness (QED) is 0.619. The van der Waals surface area contributed by atoms with Gasteiger partial charge in [0.2, 0.25) is 0 Å². The van der Waals surface area contributed by atoms with Crippen molar-refractivity contribution < 1.29 is 4.39 Å². The van der Waals surface area contributed by atoms with E-state index in [1.165, 1.54) is 0 Å². The van der Waals surface area contributed by atoms with E-state index in [1.54, 1.807) is 0 Å². The fourth-order valence-electron chi connectivity index (χ4n) is 0.913. The average molecular weight is 148 g/mol. The van der Waals surface area contributed by atoms with Crippen molar-refractivity contribution in [3.8, 4) is 0 Å². The number of rotatable bonds is 5. The van der Waals surface area contributed by atoms with Gasteiger partial charge < -0.3 is 10.6 Å². The summed E-state index contributed by atoms with van der Waals surface area (Å²) in [6.07, 6.45) is 0.614. The van der Waals surface area contributed by atoms with Gasteiger partial charge in [-0.1, -0.05) is 0 Å². The number of halogens is 1. The van der Waals surface area contributed by atoms with Crippen LogP contribution in [0.15, 0.2) is 0 Å². The third-order valence-electron chi connectivity index (χ3n) is 1.27. The molecule has 0 aliphatic rings. The maximum absolute atomic E-state index is 11.6. The Morgan fingerprint density at radius 3 is 2.60 bits per heavy atom. The predicted octanol–water partition coefficient (Wildman–Crippen LogP) is 0.625. The third-order valence-corrected chi connectivity index (χ3v) is 1.27. The lowest BCUT2D eigenvalue weighted by atomic mass is 10.3. The van der Waals surface area contributed by atoms with Crippen LogP contribution in [0, 0.1) is 0 Å². The van der Waals surface area contributed by atoms with E-state index in [9.17, 15) is 4.39 Å². The first-order chi connectivity index (χ1) is 4.66. The Hall–Kier alpha value is -0.150. The van der Waals surface area contributed by atoms with Gasteiger partial charge in [0.25, 0.3) is 0 Å². The van der Waals surface area contributed by atoms with Crippen molar-refractivity contribution in [3.63, 3.8) is 0 Å². The molecule has 0 saturated carbocycles. The Morgan fingerprint density at radius 2 is 2.20 bits per heavy atom. The van der Waals surface area contributed by atoms with E-state index in [-0.39, 0.29) is 12.7 Å². The largest absolute Gasteiger partial charge is 0.327 e. The van der Waals surface area contributed by atoms with Gasteiger partial charge in [0.05, 0.1) is 6.67 Å². The van der Waals surface area contributed by atoms with E-state index in [1.807, 2.05) is 18.9 Å². The molecule has 0 saturated heterocycles. The molecule has 0 aromatic carbocycles. The van der Waals surface area contributed by atoms with Gasteiger partial charge in [0, 0.05) is 19.1 Å². The van der Waals surface area contributed by atoms with Crippen LogP contribution in [0.5, 0.6) is 0 Å². The standard InChI is InChI=1S/C7H17FN2/c1-7(9)6-10(2)5-3-4-8/h7H,3-6,9H2,1-2H3. The maximum Gasteiger partial charge on any atom is 0.0906 e. The summed E-state index contributed by atoms with van der Waals surface area (Å²) in [5.41, 5.74) is 5.53. The molecular weight excluding hydrogens is 131 g/mol. The van der Waals surface area contributed by atoms with E-state index in [0.29, 0.717) is 6.42 Å². The van der Waals surface area contributed by atoms with Crippen molar-refractivity contribution in [1.29, 1.82) is 0 Å². The zero-order valence-corrected chi connectivity index (χ0v) is 6.81. The van der Waals surface area contributed by atoms with Crippen LogP contribution >= 0.6 is 0 Å². The fraction of sp³-hybridized carbons (Fsp3) is 1.00. The van der Waals surface area contributed by atoms with Crippen LogP contribution in [-0.4, -0.2) is 37.8 Å². The molecule has 62 valence electrons. The molecule has 0 spiro atoms. The van der Waals surface area contributed by atoms with Crippen LogP contribution in [-0.2, 0) is 0 Å². The molecule has 0 aromatic rings. The van der Waals surface area contributed by atoms with Crippen molar-refractivity contribution in [3.05, 3.63) is 0 Å². The molecule has 10 heavy (non-hydrogen) atoms. The van der Waals surface area contributed by atoms with Gasteiger partial charge in [-0.3, -0.25) is 4.39 Å². The molecule has 3 heteroatoms. The second-order valence-corrected chi connectivity index (χ2v) is 2.78. The first-order valence-corrected chi connectivity index (χ1v) is 3.67. The minimum Gasteiger partial charge on any atom is -0.327 e. The van der Waals surface area contributed by atoms with E-state index in [2.05, 4.69) is 0 Å². The third kappa shape index (κ3) is 5.98. The highest BCUT2D eigenvalue weighted by atomic mass is 19.1. The Labute approximate surface area is 62.2 Å². The van der Waals surface area contributed by atoms with E-state index in [4.69, 9.17) is 5.73 Å². The van der Waals surface area contributed by atoms with E-state index < -0.39 is 0 Å². The molecule has 2 nitrogen and oxygen atoms in total. The van der Waals surface area contributed by atoms with Gasteiger partial charge in [-0.15, -0.1) is 0 Å². The summed E-state index contributed by atoms with van der Waals surface area (Å²) < 4.78 is 11.6. The smallest absolute Gasteiger partial charge is 0.0906 e. The highest BCUT2D eigenvalue weighted by molar-refractivity contribution is 4.59. The molecule has 0 aliphatic heterocycles. The van der Waals surface area contributed by atoms with Crippen molar-refractivity contribution in [1.82, 2.24) is 4.90 Å². The van der Waals surface area contributed by atoms with Crippen molar-refractivity contribution >= 4 is 0 Å². The number of nitrogens with zero attached hydrogens (tertiary/aromatic N) is 1. The molecule has 0 heterocycles. The van der Waals surface area contributed by atoms with Gasteiger partial charge in [0.15, 0.2) is 0 Å². The highest BCUT2D eigenvalue weighted by Gasteiger charge is 1.99. The van der Waals surface area contributed by atoms with Crippen LogP contribution in [0.2, 0.25) is 0 Å². The normalized spacial score (nSPS) is 14.1. The zero-order valence-electron chi connectivity index (χ0n) is 6.81. The zero-order chi connectivity index (χ0) is 7.98. The lowest BCUT2D eigenvalue weighted by molar-refractivity contribution is 0.296. The van der Waals surface area contributed by atoms with Crippen molar-refractivity contribution in [2.24, 2.45) is 5.73 Å². The Balaban J connectivity index is 3.16. The predicted molar refractivity (Wildman–Crippen MR) is 41.7 cm³/mol. The number of hydrogen-bond donors (Lipinski definition) is 1. The van der Waals surface area contributed by atoms with Gasteiger partial charge in [0.1, 0.15) is 0 Å². The number of alkyl halides is 1. The van der Waals surface area contributed by atoms with Gasteiger partial charge >= 0.3 is 0 Å². The Bertz CT molecular complexity index is 76.0. The number of nitrogens with two attached hydrogens (primary N) is 1. The molecule has 0 aromatic heterocycles. The average Bonchev–Trinajstić information content (AvgIpc) is 1.82. The van der Waals surface area contributed by atoms with Crippen LogP contribution in [0.3, 0.4) is 0 Å². The molecule has 0 aliphatic carbocycles. The van der Waals surface area contributed by atoms with Crippen LogP contribution in [0.25, 0.3) is 0 Å². The second-order valence-electron chi connectivity index (χ2n) is 2.78. The molecule has 1 atom stereocenters. The molecule has 0 amide bonds. The molecule has 0 rings (SSSR count). The fourth-order valence-corrected chi connectivity index (χ4v) is 0.913. The SMILES string of the molecule is CC(N)CN(C)CCCF. The Morgan fingerprint density at radius 1 is 1.60 bits per heavy atom. The van der Waals surface area contributed by atoms with Crippen molar-refractivity contribution in [2.75, 3.05) is 26.8 Å².